The van der Waals surface area contributed by atoms with Crippen molar-refractivity contribution in [3.8, 4) is 0 Å². The van der Waals surface area contributed by atoms with Crippen LogP contribution in [0.3, 0.4) is 0 Å². The molecule has 0 aliphatic carbocycles. The number of carbonyl (C=O) groups excluding carboxylic acids is 2. The molecule has 2 heterocycles. The SMILES string of the molecule is Cc1sc2ncn(CC(=O)OCC(=O)c3cccc(F)c3)c(=O)c2c1C. The monoisotopic (exact) mass is 374 g/mol. The van der Waals surface area contributed by atoms with Crippen LogP contribution >= 0.6 is 11.3 Å². The minimum atomic E-state index is -0.748. The van der Waals surface area contributed by atoms with Crippen LogP contribution in [0.15, 0.2) is 35.4 Å². The van der Waals surface area contributed by atoms with Gasteiger partial charge in [0.1, 0.15) is 17.2 Å². The highest BCUT2D eigenvalue weighted by atomic mass is 32.1. The predicted molar refractivity (Wildman–Crippen MR) is 95.0 cm³/mol. The van der Waals surface area contributed by atoms with Gasteiger partial charge in [-0.1, -0.05) is 12.1 Å². The third-order valence-electron chi connectivity index (χ3n) is 3.97. The number of ether oxygens (including phenoxy) is 1. The van der Waals surface area contributed by atoms with Crippen molar-refractivity contribution in [2.45, 2.75) is 20.4 Å². The van der Waals surface area contributed by atoms with Gasteiger partial charge in [0, 0.05) is 10.4 Å². The van der Waals surface area contributed by atoms with Gasteiger partial charge in [-0.15, -0.1) is 11.3 Å². The largest absolute Gasteiger partial charge is 0.456 e. The van der Waals surface area contributed by atoms with Gasteiger partial charge in [-0.3, -0.25) is 19.0 Å². The Morgan fingerprint density at radius 1 is 1.31 bits per heavy atom. The number of aromatic nitrogens is 2. The van der Waals surface area contributed by atoms with Gasteiger partial charge in [-0.05, 0) is 31.5 Å². The second-order valence-electron chi connectivity index (χ2n) is 5.74. The number of esters is 1. The van der Waals surface area contributed by atoms with Crippen LogP contribution in [0.5, 0.6) is 0 Å². The number of benzene rings is 1. The Hall–Kier alpha value is -2.87. The van der Waals surface area contributed by atoms with Gasteiger partial charge >= 0.3 is 5.97 Å². The average molecular weight is 374 g/mol. The Bertz CT molecular complexity index is 1070. The fourth-order valence-electron chi connectivity index (χ4n) is 2.46. The van der Waals surface area contributed by atoms with Crippen LogP contribution in [0.4, 0.5) is 4.39 Å². The third kappa shape index (κ3) is 3.55. The quantitative estimate of drug-likeness (QED) is 0.507. The number of rotatable bonds is 5. The van der Waals surface area contributed by atoms with Crippen LogP contribution in [0.25, 0.3) is 10.2 Å². The first-order valence-corrected chi connectivity index (χ1v) is 8.58. The maximum absolute atomic E-state index is 13.1. The summed E-state index contributed by atoms with van der Waals surface area (Å²) >= 11 is 1.42. The molecule has 134 valence electrons. The minimum Gasteiger partial charge on any atom is -0.456 e. The van der Waals surface area contributed by atoms with Crippen molar-refractivity contribution in [2.75, 3.05) is 6.61 Å². The molecule has 26 heavy (non-hydrogen) atoms. The molecule has 0 amide bonds. The zero-order chi connectivity index (χ0) is 18.8. The fourth-order valence-corrected chi connectivity index (χ4v) is 3.45. The summed E-state index contributed by atoms with van der Waals surface area (Å²) in [6, 6.07) is 5.12. The van der Waals surface area contributed by atoms with Crippen LogP contribution in [-0.2, 0) is 16.1 Å². The number of fused-ring (bicyclic) bond motifs is 1. The second-order valence-corrected chi connectivity index (χ2v) is 6.94. The van der Waals surface area contributed by atoms with E-state index in [0.29, 0.717) is 10.2 Å². The molecule has 8 heteroatoms. The molecule has 0 saturated heterocycles. The molecule has 3 rings (SSSR count). The van der Waals surface area contributed by atoms with Crippen LogP contribution < -0.4 is 5.56 Å². The van der Waals surface area contributed by atoms with Gasteiger partial charge in [0.25, 0.3) is 5.56 Å². The van der Waals surface area contributed by atoms with Crippen LogP contribution in [-0.4, -0.2) is 27.9 Å². The molecule has 2 aromatic heterocycles. The summed E-state index contributed by atoms with van der Waals surface area (Å²) in [6.07, 6.45) is 1.29. The topological polar surface area (TPSA) is 78.3 Å². The summed E-state index contributed by atoms with van der Waals surface area (Å²) in [7, 11) is 0. The number of halogens is 1. The molecule has 0 aliphatic heterocycles. The number of aryl methyl sites for hydroxylation is 2. The van der Waals surface area contributed by atoms with Crippen molar-refractivity contribution in [2.24, 2.45) is 0 Å². The van der Waals surface area contributed by atoms with Gasteiger partial charge in [0.15, 0.2) is 12.4 Å². The fraction of sp³-hybridized carbons (Fsp3) is 0.222. The number of Topliss-reactive ketones (excluding diaryl/α,β-unsaturated/α-hetero) is 1. The van der Waals surface area contributed by atoms with E-state index in [0.717, 1.165) is 21.1 Å². The zero-order valence-corrected chi connectivity index (χ0v) is 14.9. The first kappa shape index (κ1) is 17.9. The summed E-state index contributed by atoms with van der Waals surface area (Å²) in [4.78, 5) is 42.2. The Morgan fingerprint density at radius 3 is 2.81 bits per heavy atom. The maximum Gasteiger partial charge on any atom is 0.326 e. The molecular formula is C18H15FN2O4S. The van der Waals surface area contributed by atoms with Crippen molar-refractivity contribution < 1.29 is 18.7 Å². The minimum absolute atomic E-state index is 0.113. The summed E-state index contributed by atoms with van der Waals surface area (Å²) in [5, 5.41) is 0.485. The van der Waals surface area contributed by atoms with Crippen LogP contribution in [0.2, 0.25) is 0 Å². The molecule has 0 N–H and O–H groups in total. The smallest absolute Gasteiger partial charge is 0.326 e. The molecule has 0 fully saturated rings. The lowest BCUT2D eigenvalue weighted by molar-refractivity contribution is -0.143. The highest BCUT2D eigenvalue weighted by Gasteiger charge is 2.15. The van der Waals surface area contributed by atoms with Crippen molar-refractivity contribution in [3.63, 3.8) is 0 Å². The maximum atomic E-state index is 13.1. The van der Waals surface area contributed by atoms with E-state index in [2.05, 4.69) is 4.98 Å². The van der Waals surface area contributed by atoms with E-state index in [1.54, 1.807) is 0 Å². The molecule has 0 saturated carbocycles. The van der Waals surface area contributed by atoms with E-state index >= 15 is 0 Å². The van der Waals surface area contributed by atoms with E-state index in [-0.39, 0.29) is 17.7 Å². The molecule has 0 spiro atoms. The lowest BCUT2D eigenvalue weighted by Crippen LogP contribution is -2.26. The lowest BCUT2D eigenvalue weighted by atomic mass is 10.1. The van der Waals surface area contributed by atoms with E-state index in [1.807, 2.05) is 13.8 Å². The lowest BCUT2D eigenvalue weighted by Gasteiger charge is -2.07. The Labute approximate surface area is 151 Å². The second kappa shape index (κ2) is 7.17. The molecule has 0 unspecified atom stereocenters. The Kier molecular flexibility index (Phi) is 4.94. The molecule has 0 aliphatic rings. The van der Waals surface area contributed by atoms with Gasteiger partial charge in [0.2, 0.25) is 0 Å². The molecule has 0 radical (unpaired) electrons. The predicted octanol–water partition coefficient (Wildman–Crippen LogP) is 2.64. The summed E-state index contributed by atoms with van der Waals surface area (Å²) in [6.45, 7) is 2.85. The number of carbonyl (C=O) groups is 2. The van der Waals surface area contributed by atoms with E-state index in [4.69, 9.17) is 4.74 Å². The van der Waals surface area contributed by atoms with Gasteiger partial charge in [-0.2, -0.15) is 0 Å². The number of ketones is 1. The number of nitrogens with zero attached hydrogens (tertiary/aromatic N) is 2. The Morgan fingerprint density at radius 2 is 2.08 bits per heavy atom. The number of hydrogen-bond donors (Lipinski definition) is 0. The summed E-state index contributed by atoms with van der Waals surface area (Å²) in [5.41, 5.74) is 0.624. The number of thiophene rings is 1. The van der Waals surface area contributed by atoms with Crippen molar-refractivity contribution in [3.05, 3.63) is 62.8 Å². The zero-order valence-electron chi connectivity index (χ0n) is 14.1. The summed E-state index contributed by atoms with van der Waals surface area (Å²) < 4.78 is 19.2. The highest BCUT2D eigenvalue weighted by Crippen LogP contribution is 2.25. The van der Waals surface area contributed by atoms with E-state index in [1.165, 1.54) is 35.9 Å². The van der Waals surface area contributed by atoms with Crippen molar-refractivity contribution >= 4 is 33.3 Å². The first-order valence-electron chi connectivity index (χ1n) is 7.76. The Balaban J connectivity index is 1.69. The first-order chi connectivity index (χ1) is 12.4. The summed E-state index contributed by atoms with van der Waals surface area (Å²) in [5.74, 6) is -1.82. The van der Waals surface area contributed by atoms with Gasteiger partial charge < -0.3 is 4.74 Å². The van der Waals surface area contributed by atoms with Crippen LogP contribution in [0.1, 0.15) is 20.8 Å². The normalized spacial score (nSPS) is 10.9. The van der Waals surface area contributed by atoms with E-state index in [9.17, 15) is 18.8 Å². The molecule has 6 nitrogen and oxygen atoms in total. The number of hydrogen-bond acceptors (Lipinski definition) is 6. The average Bonchev–Trinajstić information content (AvgIpc) is 2.90. The molecule has 1 aromatic carbocycles. The van der Waals surface area contributed by atoms with Gasteiger partial charge in [-0.25, -0.2) is 9.37 Å². The van der Waals surface area contributed by atoms with Crippen molar-refractivity contribution in [1.29, 1.82) is 0 Å². The molecule has 0 bridgehead atoms. The van der Waals surface area contributed by atoms with E-state index < -0.39 is 24.2 Å². The highest BCUT2D eigenvalue weighted by molar-refractivity contribution is 7.18. The molecular weight excluding hydrogens is 359 g/mol. The standard InChI is InChI=1S/C18H15FN2O4S/c1-10-11(2)26-17-16(10)18(24)21(9-20-17)7-15(23)25-8-14(22)12-4-3-5-13(19)6-12/h3-6,9H,7-8H2,1-2H3. The molecule has 3 aromatic rings. The van der Waals surface area contributed by atoms with Gasteiger partial charge in [0.05, 0.1) is 11.7 Å². The van der Waals surface area contributed by atoms with Crippen molar-refractivity contribution in [1.82, 2.24) is 9.55 Å². The van der Waals surface area contributed by atoms with Crippen LogP contribution in [0, 0.1) is 19.7 Å². The molecule has 0 atom stereocenters. The third-order valence-corrected chi connectivity index (χ3v) is 5.08.